The van der Waals surface area contributed by atoms with Gasteiger partial charge in [-0.1, -0.05) is 29.5 Å². The molecule has 0 amide bonds. The van der Waals surface area contributed by atoms with Crippen LogP contribution >= 0.6 is 22.6 Å². The second-order valence-electron chi connectivity index (χ2n) is 3.04. The van der Waals surface area contributed by atoms with Crippen LogP contribution in [0.3, 0.4) is 0 Å². The number of carbonyl (C=O) groups excluding carboxylic acids is 1. The van der Waals surface area contributed by atoms with Crippen molar-refractivity contribution in [3.8, 4) is 0 Å². The van der Waals surface area contributed by atoms with Gasteiger partial charge in [0.05, 0.1) is 3.82 Å². The first kappa shape index (κ1) is 11.8. The average molecular weight is 312 g/mol. The molecule has 7 heteroatoms. The molecule has 0 saturated carbocycles. The van der Waals surface area contributed by atoms with Crippen molar-refractivity contribution in [2.24, 2.45) is 0 Å². The van der Waals surface area contributed by atoms with E-state index in [4.69, 9.17) is 14.4 Å². The van der Waals surface area contributed by atoms with E-state index in [2.05, 4.69) is 0 Å². The molecule has 1 N–H and O–H groups in total. The number of halogens is 1. The Morgan fingerprint density at radius 3 is 2.93 bits per heavy atom. The van der Waals surface area contributed by atoms with Crippen LogP contribution < -0.4 is 0 Å². The van der Waals surface area contributed by atoms with E-state index in [-0.39, 0.29) is 16.7 Å². The van der Waals surface area contributed by atoms with Crippen molar-refractivity contribution in [3.63, 3.8) is 0 Å². The zero-order valence-electron chi connectivity index (χ0n) is 7.60. The largest absolute Gasteiger partial charge is 0.541 e. The fourth-order valence-corrected chi connectivity index (χ4v) is 1.40. The van der Waals surface area contributed by atoms with Crippen LogP contribution in [0.5, 0.6) is 0 Å². The highest BCUT2D eigenvalue weighted by Crippen LogP contribution is 2.17. The Kier molecular flexibility index (Phi) is 4.18. The Bertz CT molecular complexity index is 244. The van der Waals surface area contributed by atoms with Crippen molar-refractivity contribution in [2.75, 3.05) is 0 Å². The predicted molar refractivity (Wildman–Crippen MR) is 57.1 cm³/mol. The van der Waals surface area contributed by atoms with Gasteiger partial charge in [0, 0.05) is 6.42 Å². The van der Waals surface area contributed by atoms with Crippen LogP contribution in [0.25, 0.3) is 0 Å². The van der Waals surface area contributed by atoms with Gasteiger partial charge in [-0.05, 0) is 6.42 Å². The summed E-state index contributed by atoms with van der Waals surface area (Å²) in [5, 5.41) is 8.75. The molecule has 1 aliphatic heterocycles. The Balaban J connectivity index is 2.68. The van der Waals surface area contributed by atoms with Crippen molar-refractivity contribution < 1.29 is 24.0 Å². The molecule has 2 unspecified atom stereocenters. The Morgan fingerprint density at radius 2 is 2.43 bits per heavy atom. The van der Waals surface area contributed by atoms with Crippen LogP contribution in [0.2, 0.25) is 0 Å². The summed E-state index contributed by atoms with van der Waals surface area (Å²) in [6, 6.07) is 0. The van der Waals surface area contributed by atoms with Crippen LogP contribution in [-0.2, 0) is 18.9 Å². The number of carbonyl (C=O) groups is 2. The number of hydrogen-bond donors (Lipinski definition) is 1. The molecule has 0 radical (unpaired) electrons. The lowest BCUT2D eigenvalue weighted by Crippen LogP contribution is -2.37. The van der Waals surface area contributed by atoms with Crippen LogP contribution in [0.4, 0.5) is 0 Å². The molecular formula is C7H10BIO5. The standard InChI is InChI=1S/C7H10BIO5/c1-4(9)8-13-5(7(11)12)2-3-6(10)14-8/h4-5H,2-3H2,1H3,(H,11,12). The molecule has 0 aromatic rings. The number of alkyl halides is 1. The normalized spacial score (nSPS) is 25.1. The molecule has 1 saturated heterocycles. The van der Waals surface area contributed by atoms with Gasteiger partial charge in [-0.3, -0.25) is 4.79 Å². The summed E-state index contributed by atoms with van der Waals surface area (Å²) < 4.78 is 10.0. The summed E-state index contributed by atoms with van der Waals surface area (Å²) in [5.41, 5.74) is 0. The summed E-state index contributed by atoms with van der Waals surface area (Å²) in [6.07, 6.45) is -0.672. The van der Waals surface area contributed by atoms with Gasteiger partial charge in [0.25, 0.3) is 5.97 Å². The molecule has 1 fully saturated rings. The SMILES string of the molecule is CC(I)B1OC(=O)CCC(C(=O)O)O1. The topological polar surface area (TPSA) is 72.8 Å². The van der Waals surface area contributed by atoms with E-state index in [0.717, 1.165) is 0 Å². The number of carboxylic acids is 1. The molecule has 0 bridgehead atoms. The molecule has 1 heterocycles. The van der Waals surface area contributed by atoms with Crippen molar-refractivity contribution in [1.29, 1.82) is 0 Å². The van der Waals surface area contributed by atoms with E-state index in [0.29, 0.717) is 0 Å². The lowest BCUT2D eigenvalue weighted by atomic mass is 9.85. The minimum atomic E-state index is -1.05. The number of carboxylic acid groups (broad SMARTS) is 1. The summed E-state index contributed by atoms with van der Waals surface area (Å²) in [4.78, 5) is 21.8. The summed E-state index contributed by atoms with van der Waals surface area (Å²) in [7, 11) is -0.758. The summed E-state index contributed by atoms with van der Waals surface area (Å²) >= 11 is 2.03. The highest BCUT2D eigenvalue weighted by Gasteiger charge is 2.37. The van der Waals surface area contributed by atoms with Crippen molar-refractivity contribution in [2.45, 2.75) is 29.7 Å². The van der Waals surface area contributed by atoms with E-state index in [1.54, 1.807) is 6.92 Å². The first-order chi connectivity index (χ1) is 6.50. The fourth-order valence-electron chi connectivity index (χ4n) is 1.08. The second-order valence-corrected chi connectivity index (χ2v) is 5.00. The smallest absolute Gasteiger partial charge is 0.509 e. The van der Waals surface area contributed by atoms with Crippen LogP contribution in [0.1, 0.15) is 19.8 Å². The summed E-state index contributed by atoms with van der Waals surface area (Å²) in [6.45, 7) is 1.79. The van der Waals surface area contributed by atoms with Crippen LogP contribution in [0.15, 0.2) is 0 Å². The number of aliphatic carboxylic acids is 1. The highest BCUT2D eigenvalue weighted by molar-refractivity contribution is 14.1. The highest BCUT2D eigenvalue weighted by atomic mass is 127. The lowest BCUT2D eigenvalue weighted by Gasteiger charge is -2.15. The fraction of sp³-hybridized carbons (Fsp3) is 0.714. The van der Waals surface area contributed by atoms with Crippen molar-refractivity contribution in [1.82, 2.24) is 0 Å². The Labute approximate surface area is 95.4 Å². The molecule has 5 nitrogen and oxygen atoms in total. The monoisotopic (exact) mass is 312 g/mol. The quantitative estimate of drug-likeness (QED) is 0.460. The van der Waals surface area contributed by atoms with E-state index >= 15 is 0 Å². The van der Waals surface area contributed by atoms with Crippen LogP contribution in [-0.4, -0.2) is 34.1 Å². The van der Waals surface area contributed by atoms with Gasteiger partial charge in [0.15, 0.2) is 0 Å². The minimum Gasteiger partial charge on any atom is -0.509 e. The van der Waals surface area contributed by atoms with Gasteiger partial charge < -0.3 is 14.4 Å². The van der Waals surface area contributed by atoms with E-state index in [9.17, 15) is 9.59 Å². The van der Waals surface area contributed by atoms with Gasteiger partial charge in [-0.15, -0.1) is 0 Å². The first-order valence-electron chi connectivity index (χ1n) is 4.22. The van der Waals surface area contributed by atoms with Crippen molar-refractivity contribution in [3.05, 3.63) is 0 Å². The molecular weight excluding hydrogens is 302 g/mol. The molecule has 0 aromatic carbocycles. The molecule has 78 valence electrons. The molecule has 1 aliphatic rings. The maximum absolute atomic E-state index is 11.1. The van der Waals surface area contributed by atoms with Gasteiger partial charge in [0.1, 0.15) is 6.10 Å². The van der Waals surface area contributed by atoms with Crippen molar-refractivity contribution >= 4 is 41.6 Å². The van der Waals surface area contributed by atoms with E-state index in [1.807, 2.05) is 22.6 Å². The third-order valence-electron chi connectivity index (χ3n) is 1.81. The minimum absolute atomic E-state index is 0.0727. The second kappa shape index (κ2) is 4.97. The number of hydrogen-bond acceptors (Lipinski definition) is 4. The zero-order valence-corrected chi connectivity index (χ0v) is 9.76. The average Bonchev–Trinajstić information content (AvgIpc) is 2.26. The maximum atomic E-state index is 11.1. The molecule has 0 spiro atoms. The van der Waals surface area contributed by atoms with Gasteiger partial charge in [-0.2, -0.15) is 0 Å². The Hall–Kier alpha value is -0.305. The summed E-state index contributed by atoms with van der Waals surface area (Å²) in [5.74, 6) is -1.45. The molecule has 14 heavy (non-hydrogen) atoms. The molecule has 0 aromatic heterocycles. The third kappa shape index (κ3) is 3.12. The Morgan fingerprint density at radius 1 is 1.79 bits per heavy atom. The third-order valence-corrected chi connectivity index (χ3v) is 2.39. The number of rotatable bonds is 2. The first-order valence-corrected chi connectivity index (χ1v) is 5.47. The van der Waals surface area contributed by atoms with Crippen LogP contribution in [0, 0.1) is 0 Å². The molecule has 1 rings (SSSR count). The maximum Gasteiger partial charge on any atom is 0.541 e. The van der Waals surface area contributed by atoms with Gasteiger partial charge >= 0.3 is 13.1 Å². The lowest BCUT2D eigenvalue weighted by molar-refractivity contribution is -0.145. The molecule has 2 atom stereocenters. The predicted octanol–water partition coefficient (Wildman–Crippen LogP) is 0.644. The molecule has 0 aliphatic carbocycles. The zero-order chi connectivity index (χ0) is 10.7. The van der Waals surface area contributed by atoms with E-state index < -0.39 is 25.2 Å². The van der Waals surface area contributed by atoms with Gasteiger partial charge in [-0.25, -0.2) is 4.79 Å². The van der Waals surface area contributed by atoms with Gasteiger partial charge in [0.2, 0.25) is 0 Å². The van der Waals surface area contributed by atoms with E-state index in [1.165, 1.54) is 0 Å².